The highest BCUT2D eigenvalue weighted by Crippen LogP contribution is 2.27. The van der Waals surface area contributed by atoms with Crippen LogP contribution >= 0.6 is 0 Å². The Morgan fingerprint density at radius 2 is 1.52 bits per heavy atom. The largest absolute Gasteiger partial charge is 0.493 e. The van der Waals surface area contributed by atoms with E-state index in [2.05, 4.69) is 5.32 Å². The number of hydrogen-bond acceptors (Lipinski definition) is 3. The number of carbonyl (C=O) groups is 1. The summed E-state index contributed by atoms with van der Waals surface area (Å²) in [4.78, 5) is 12.6. The topological polar surface area (TPSA) is 47.6 Å². The lowest BCUT2D eigenvalue weighted by Crippen LogP contribution is -2.33. The minimum Gasteiger partial charge on any atom is -0.493 e. The summed E-state index contributed by atoms with van der Waals surface area (Å²) in [7, 11) is 1.58. The molecule has 0 aliphatic rings. The average Bonchev–Trinajstić information content (AvgIpc) is 2.72. The average molecular weight is 361 g/mol. The maximum atomic E-state index is 12.6. The summed E-state index contributed by atoms with van der Waals surface area (Å²) in [5.74, 6) is 0.948. The number of methoxy groups -OCH3 is 1. The van der Waals surface area contributed by atoms with Gasteiger partial charge in [-0.15, -0.1) is 0 Å². The van der Waals surface area contributed by atoms with E-state index in [-0.39, 0.29) is 18.6 Å². The monoisotopic (exact) mass is 361 g/mol. The molecule has 4 heteroatoms. The molecule has 0 fully saturated rings. The summed E-state index contributed by atoms with van der Waals surface area (Å²) in [5, 5.41) is 3.09. The predicted octanol–water partition coefficient (Wildman–Crippen LogP) is 4.29. The third-order valence-corrected chi connectivity index (χ3v) is 4.37. The molecule has 0 spiro atoms. The van der Waals surface area contributed by atoms with Crippen molar-refractivity contribution >= 4 is 5.91 Å². The fraction of sp³-hybridized carbons (Fsp3) is 0.174. The number of amides is 1. The van der Waals surface area contributed by atoms with Crippen molar-refractivity contribution in [2.45, 2.75) is 13.0 Å². The van der Waals surface area contributed by atoms with Crippen LogP contribution in [-0.4, -0.2) is 19.6 Å². The van der Waals surface area contributed by atoms with Crippen molar-refractivity contribution in [3.63, 3.8) is 0 Å². The van der Waals surface area contributed by atoms with Gasteiger partial charge >= 0.3 is 0 Å². The van der Waals surface area contributed by atoms with Crippen LogP contribution in [0.25, 0.3) is 0 Å². The molecule has 0 aliphatic carbocycles. The van der Waals surface area contributed by atoms with Gasteiger partial charge in [-0.3, -0.25) is 4.79 Å². The van der Waals surface area contributed by atoms with Crippen molar-refractivity contribution in [1.82, 2.24) is 5.32 Å². The molecule has 3 aromatic rings. The smallest absolute Gasteiger partial charge is 0.258 e. The highest BCUT2D eigenvalue weighted by molar-refractivity contribution is 5.78. The standard InChI is InChI=1S/C23H23NO3/c1-17-10-6-7-13-19(17)23(18-11-4-3-5-12-18)24-22(25)16-27-21-15-9-8-14-20(21)26-2/h3-15,23H,16H2,1-2H3,(H,24,25)/t23-/m1/s1. The molecule has 1 amide bonds. The fourth-order valence-electron chi connectivity index (χ4n) is 2.98. The lowest BCUT2D eigenvalue weighted by Gasteiger charge is -2.22. The van der Waals surface area contributed by atoms with Crippen molar-refractivity contribution in [1.29, 1.82) is 0 Å². The molecule has 3 rings (SSSR count). The minimum absolute atomic E-state index is 0.0877. The highest BCUT2D eigenvalue weighted by atomic mass is 16.5. The van der Waals surface area contributed by atoms with Gasteiger partial charge in [0.1, 0.15) is 0 Å². The van der Waals surface area contributed by atoms with E-state index in [1.54, 1.807) is 19.2 Å². The first-order valence-electron chi connectivity index (χ1n) is 8.84. The van der Waals surface area contributed by atoms with Gasteiger partial charge in [0.25, 0.3) is 5.91 Å². The van der Waals surface area contributed by atoms with Crippen LogP contribution in [0.15, 0.2) is 78.9 Å². The van der Waals surface area contributed by atoms with Crippen LogP contribution < -0.4 is 14.8 Å². The Balaban J connectivity index is 1.76. The number of aryl methyl sites for hydroxylation is 1. The van der Waals surface area contributed by atoms with Crippen LogP contribution in [0.4, 0.5) is 0 Å². The maximum absolute atomic E-state index is 12.6. The Labute approximate surface area is 159 Å². The third kappa shape index (κ3) is 4.67. The molecule has 0 saturated heterocycles. The Morgan fingerprint density at radius 1 is 0.889 bits per heavy atom. The van der Waals surface area contributed by atoms with Gasteiger partial charge in [-0.2, -0.15) is 0 Å². The Kier molecular flexibility index (Phi) is 6.10. The Bertz CT molecular complexity index is 893. The van der Waals surface area contributed by atoms with Crippen molar-refractivity contribution in [2.24, 2.45) is 0 Å². The number of benzene rings is 3. The van der Waals surface area contributed by atoms with E-state index in [0.717, 1.165) is 16.7 Å². The van der Waals surface area contributed by atoms with Gasteiger partial charge in [-0.1, -0.05) is 66.7 Å². The molecule has 0 heterocycles. The van der Waals surface area contributed by atoms with E-state index >= 15 is 0 Å². The van der Waals surface area contributed by atoms with Crippen LogP contribution in [0, 0.1) is 6.92 Å². The van der Waals surface area contributed by atoms with Crippen LogP contribution in [0.1, 0.15) is 22.7 Å². The van der Waals surface area contributed by atoms with Gasteiger partial charge in [-0.05, 0) is 35.7 Å². The molecular weight excluding hydrogens is 338 g/mol. The zero-order chi connectivity index (χ0) is 19.1. The molecule has 1 atom stereocenters. The number of hydrogen-bond donors (Lipinski definition) is 1. The third-order valence-electron chi connectivity index (χ3n) is 4.37. The number of ether oxygens (including phenoxy) is 2. The van der Waals surface area contributed by atoms with Crippen LogP contribution in [0.5, 0.6) is 11.5 Å². The highest BCUT2D eigenvalue weighted by Gasteiger charge is 2.19. The molecule has 1 N–H and O–H groups in total. The molecule has 27 heavy (non-hydrogen) atoms. The van der Waals surface area contributed by atoms with Crippen LogP contribution in [-0.2, 0) is 4.79 Å². The summed E-state index contributed by atoms with van der Waals surface area (Å²) < 4.78 is 10.9. The second kappa shape index (κ2) is 8.90. The number of para-hydroxylation sites is 2. The van der Waals surface area contributed by atoms with Crippen molar-refractivity contribution < 1.29 is 14.3 Å². The number of carbonyl (C=O) groups excluding carboxylic acids is 1. The molecule has 3 aromatic carbocycles. The zero-order valence-corrected chi connectivity index (χ0v) is 15.5. The molecular formula is C23H23NO3. The van der Waals surface area contributed by atoms with Gasteiger partial charge in [0.05, 0.1) is 13.2 Å². The van der Waals surface area contributed by atoms with Crippen LogP contribution in [0.2, 0.25) is 0 Å². The molecule has 0 saturated carbocycles. The Hall–Kier alpha value is -3.27. The van der Waals surface area contributed by atoms with Gasteiger partial charge < -0.3 is 14.8 Å². The maximum Gasteiger partial charge on any atom is 0.258 e. The number of rotatable bonds is 7. The normalized spacial score (nSPS) is 11.5. The molecule has 0 unspecified atom stereocenters. The van der Waals surface area contributed by atoms with E-state index in [9.17, 15) is 4.79 Å². The second-order valence-corrected chi connectivity index (χ2v) is 6.21. The molecule has 0 aliphatic heterocycles. The molecule has 0 bridgehead atoms. The molecule has 0 aromatic heterocycles. The SMILES string of the molecule is COc1ccccc1OCC(=O)N[C@H](c1ccccc1)c1ccccc1C. The molecule has 0 radical (unpaired) electrons. The minimum atomic E-state index is -0.235. The number of nitrogens with one attached hydrogen (secondary N) is 1. The zero-order valence-electron chi connectivity index (χ0n) is 15.5. The van der Waals surface area contributed by atoms with E-state index in [0.29, 0.717) is 11.5 Å². The quantitative estimate of drug-likeness (QED) is 0.683. The lowest BCUT2D eigenvalue weighted by atomic mass is 9.95. The van der Waals surface area contributed by atoms with Crippen molar-refractivity contribution in [3.05, 3.63) is 95.6 Å². The predicted molar refractivity (Wildman–Crippen MR) is 106 cm³/mol. The van der Waals surface area contributed by atoms with Gasteiger partial charge in [0.2, 0.25) is 0 Å². The lowest BCUT2D eigenvalue weighted by molar-refractivity contribution is -0.123. The van der Waals surface area contributed by atoms with Crippen molar-refractivity contribution in [2.75, 3.05) is 13.7 Å². The van der Waals surface area contributed by atoms with E-state index < -0.39 is 0 Å². The van der Waals surface area contributed by atoms with Crippen LogP contribution in [0.3, 0.4) is 0 Å². The fourth-order valence-corrected chi connectivity index (χ4v) is 2.98. The second-order valence-electron chi connectivity index (χ2n) is 6.21. The summed E-state index contributed by atoms with van der Waals surface area (Å²) in [6.45, 7) is 1.96. The first-order valence-corrected chi connectivity index (χ1v) is 8.84. The summed E-state index contributed by atoms with van der Waals surface area (Å²) in [6, 6.07) is 25.0. The summed E-state index contributed by atoms with van der Waals surface area (Å²) >= 11 is 0. The van der Waals surface area contributed by atoms with Gasteiger partial charge in [-0.25, -0.2) is 0 Å². The first-order chi connectivity index (χ1) is 13.2. The summed E-state index contributed by atoms with van der Waals surface area (Å²) in [5.41, 5.74) is 3.21. The van der Waals surface area contributed by atoms with Gasteiger partial charge in [0.15, 0.2) is 18.1 Å². The molecule has 4 nitrogen and oxygen atoms in total. The molecule has 138 valence electrons. The van der Waals surface area contributed by atoms with Gasteiger partial charge in [0, 0.05) is 0 Å². The van der Waals surface area contributed by atoms with E-state index in [4.69, 9.17) is 9.47 Å². The van der Waals surface area contributed by atoms with E-state index in [1.165, 1.54) is 0 Å². The van der Waals surface area contributed by atoms with E-state index in [1.807, 2.05) is 73.7 Å². The summed E-state index contributed by atoms with van der Waals surface area (Å²) in [6.07, 6.45) is 0. The first kappa shape index (κ1) is 18.5. The van der Waals surface area contributed by atoms with Crippen molar-refractivity contribution in [3.8, 4) is 11.5 Å². The Morgan fingerprint density at radius 3 is 2.22 bits per heavy atom.